The average molecular weight is 454 g/mol. The lowest BCUT2D eigenvalue weighted by Crippen LogP contribution is -2.22. The molecule has 0 heterocycles. The van der Waals surface area contributed by atoms with Gasteiger partial charge in [-0.05, 0) is 43.0 Å². The first kappa shape index (κ1) is 23.2. The van der Waals surface area contributed by atoms with Gasteiger partial charge in [0, 0.05) is 28.9 Å². The Hall–Kier alpha value is -3.99. The molecule has 5 nitrogen and oxygen atoms in total. The Bertz CT molecular complexity index is 1230. The highest BCUT2D eigenvalue weighted by molar-refractivity contribution is 6.30. The van der Waals surface area contributed by atoms with Crippen LogP contribution in [-0.4, -0.2) is 30.7 Å². The van der Waals surface area contributed by atoms with Crippen molar-refractivity contribution in [3.8, 4) is 0 Å². The molecule has 0 spiro atoms. The standard InChI is InChI=1S/C29H27NO4/c1-2-20-14-16-21(17-15-20)29(33)34-19-8-4-3-7-18-30-25-13-9-12-24-26(25)28(32)23-11-6-5-10-22(23)27(24)31/h2,5-6,9-17,30H,1,3-4,7-8,18-19H2. The lowest BCUT2D eigenvalue weighted by atomic mass is 9.83. The number of carbonyl (C=O) groups excluding carboxylic acids is 3. The molecular weight excluding hydrogens is 426 g/mol. The molecule has 3 aromatic carbocycles. The Morgan fingerprint density at radius 3 is 2.21 bits per heavy atom. The molecule has 172 valence electrons. The molecule has 0 bridgehead atoms. The number of anilines is 1. The van der Waals surface area contributed by atoms with Gasteiger partial charge in [0.25, 0.3) is 0 Å². The maximum absolute atomic E-state index is 13.0. The van der Waals surface area contributed by atoms with Crippen molar-refractivity contribution in [1.29, 1.82) is 0 Å². The van der Waals surface area contributed by atoms with Crippen molar-refractivity contribution in [2.45, 2.75) is 25.7 Å². The lowest BCUT2D eigenvalue weighted by Gasteiger charge is -2.20. The molecule has 3 aromatic rings. The third kappa shape index (κ3) is 4.99. The third-order valence-electron chi connectivity index (χ3n) is 5.95. The minimum absolute atomic E-state index is 0.111. The number of hydrogen-bond acceptors (Lipinski definition) is 5. The van der Waals surface area contributed by atoms with E-state index >= 15 is 0 Å². The fourth-order valence-electron chi connectivity index (χ4n) is 4.10. The van der Waals surface area contributed by atoms with Gasteiger partial charge in [-0.25, -0.2) is 4.79 Å². The van der Waals surface area contributed by atoms with E-state index in [4.69, 9.17) is 4.74 Å². The Labute approximate surface area is 199 Å². The second-order valence-corrected chi connectivity index (χ2v) is 8.24. The second-order valence-electron chi connectivity index (χ2n) is 8.24. The lowest BCUT2D eigenvalue weighted by molar-refractivity contribution is 0.0497. The minimum atomic E-state index is -0.313. The fourth-order valence-corrected chi connectivity index (χ4v) is 4.10. The van der Waals surface area contributed by atoms with Gasteiger partial charge in [0.1, 0.15) is 0 Å². The Balaban J connectivity index is 1.21. The molecule has 0 aliphatic heterocycles. The molecule has 0 saturated carbocycles. The summed E-state index contributed by atoms with van der Waals surface area (Å²) in [5.41, 5.74) is 4.03. The summed E-state index contributed by atoms with van der Waals surface area (Å²) in [6.45, 7) is 4.77. The Morgan fingerprint density at radius 2 is 1.47 bits per heavy atom. The Kier molecular flexibility index (Phi) is 7.33. The SMILES string of the molecule is C=Cc1ccc(C(=O)OCCCCCCNc2cccc3c2C(=O)c2ccccc2C3=O)cc1. The molecule has 0 saturated heterocycles. The monoisotopic (exact) mass is 453 g/mol. The van der Waals surface area contributed by atoms with Crippen molar-refractivity contribution in [2.75, 3.05) is 18.5 Å². The largest absolute Gasteiger partial charge is 0.462 e. The molecule has 1 aliphatic carbocycles. The molecule has 0 atom stereocenters. The predicted molar refractivity (Wildman–Crippen MR) is 134 cm³/mol. The number of unbranched alkanes of at least 4 members (excludes halogenated alkanes) is 3. The van der Waals surface area contributed by atoms with Gasteiger partial charge in [0.05, 0.1) is 17.7 Å². The maximum Gasteiger partial charge on any atom is 0.338 e. The number of benzene rings is 3. The first-order chi connectivity index (χ1) is 16.6. The van der Waals surface area contributed by atoms with Crippen LogP contribution in [0.5, 0.6) is 0 Å². The van der Waals surface area contributed by atoms with E-state index in [0.717, 1.165) is 31.2 Å². The first-order valence-corrected chi connectivity index (χ1v) is 11.5. The zero-order valence-electron chi connectivity index (χ0n) is 19.0. The molecule has 0 unspecified atom stereocenters. The molecule has 0 fully saturated rings. The highest BCUT2D eigenvalue weighted by Gasteiger charge is 2.31. The van der Waals surface area contributed by atoms with Crippen LogP contribution in [0.25, 0.3) is 6.08 Å². The average Bonchev–Trinajstić information content (AvgIpc) is 2.88. The molecule has 1 aliphatic rings. The van der Waals surface area contributed by atoms with Crippen molar-refractivity contribution in [1.82, 2.24) is 0 Å². The van der Waals surface area contributed by atoms with Crippen LogP contribution in [0.1, 0.15) is 73.4 Å². The number of esters is 1. The zero-order valence-corrected chi connectivity index (χ0v) is 19.0. The molecule has 0 aromatic heterocycles. The Morgan fingerprint density at radius 1 is 0.794 bits per heavy atom. The summed E-state index contributed by atoms with van der Waals surface area (Å²) in [6.07, 6.45) is 5.32. The third-order valence-corrected chi connectivity index (χ3v) is 5.95. The number of nitrogens with one attached hydrogen (secondary N) is 1. The van der Waals surface area contributed by atoms with Gasteiger partial charge in [-0.3, -0.25) is 9.59 Å². The number of carbonyl (C=O) groups is 3. The van der Waals surface area contributed by atoms with Gasteiger partial charge in [-0.15, -0.1) is 0 Å². The number of ether oxygens (including phenoxy) is 1. The first-order valence-electron chi connectivity index (χ1n) is 11.5. The van der Waals surface area contributed by atoms with Crippen molar-refractivity contribution < 1.29 is 19.1 Å². The predicted octanol–water partition coefficient (Wildman–Crippen LogP) is 5.93. The summed E-state index contributed by atoms with van der Waals surface area (Å²) in [5.74, 6) is -0.541. The number of rotatable bonds is 10. The molecule has 0 amide bonds. The summed E-state index contributed by atoms with van der Waals surface area (Å²) in [5, 5.41) is 3.33. The number of hydrogen-bond donors (Lipinski definition) is 1. The van der Waals surface area contributed by atoms with Crippen molar-refractivity contribution in [2.24, 2.45) is 0 Å². The van der Waals surface area contributed by atoms with Crippen LogP contribution in [0.4, 0.5) is 5.69 Å². The summed E-state index contributed by atoms with van der Waals surface area (Å²) >= 11 is 0. The van der Waals surface area contributed by atoms with Crippen molar-refractivity contribution in [3.05, 3.63) is 107 Å². The van der Waals surface area contributed by atoms with Gasteiger partial charge in [-0.1, -0.05) is 67.6 Å². The van der Waals surface area contributed by atoms with Crippen LogP contribution in [0, 0.1) is 0 Å². The molecule has 1 N–H and O–H groups in total. The van der Waals surface area contributed by atoms with Crippen LogP contribution in [0.2, 0.25) is 0 Å². The molecule has 4 rings (SSSR count). The van der Waals surface area contributed by atoms with E-state index < -0.39 is 0 Å². The minimum Gasteiger partial charge on any atom is -0.462 e. The number of ketones is 2. The van der Waals surface area contributed by atoms with Gasteiger partial charge in [-0.2, -0.15) is 0 Å². The number of fused-ring (bicyclic) bond motifs is 2. The molecular formula is C29H27NO4. The van der Waals surface area contributed by atoms with E-state index in [0.29, 0.717) is 46.7 Å². The van der Waals surface area contributed by atoms with Crippen molar-refractivity contribution in [3.63, 3.8) is 0 Å². The van der Waals surface area contributed by atoms with Gasteiger partial charge >= 0.3 is 5.97 Å². The van der Waals surface area contributed by atoms with Crippen LogP contribution >= 0.6 is 0 Å². The normalized spacial score (nSPS) is 12.0. The smallest absolute Gasteiger partial charge is 0.338 e. The van der Waals surface area contributed by atoms with Gasteiger partial charge < -0.3 is 10.1 Å². The van der Waals surface area contributed by atoms with Crippen LogP contribution in [-0.2, 0) is 4.74 Å². The maximum atomic E-state index is 13.0. The van der Waals surface area contributed by atoms with Gasteiger partial charge in [0.2, 0.25) is 0 Å². The van der Waals surface area contributed by atoms with Crippen molar-refractivity contribution >= 4 is 29.3 Å². The van der Waals surface area contributed by atoms with E-state index in [1.807, 2.05) is 18.2 Å². The topological polar surface area (TPSA) is 72.5 Å². The molecule has 34 heavy (non-hydrogen) atoms. The highest BCUT2D eigenvalue weighted by atomic mass is 16.5. The summed E-state index contributed by atoms with van der Waals surface area (Å²) in [7, 11) is 0. The van der Waals surface area contributed by atoms with E-state index in [-0.39, 0.29) is 17.5 Å². The van der Waals surface area contributed by atoms with Crippen LogP contribution in [0.3, 0.4) is 0 Å². The zero-order chi connectivity index (χ0) is 23.9. The van der Waals surface area contributed by atoms with Gasteiger partial charge in [0.15, 0.2) is 11.6 Å². The molecule has 0 radical (unpaired) electrons. The van der Waals surface area contributed by atoms with E-state index in [2.05, 4.69) is 11.9 Å². The summed E-state index contributed by atoms with van der Waals surface area (Å²) < 4.78 is 5.34. The fraction of sp³-hybridized carbons (Fsp3) is 0.207. The second kappa shape index (κ2) is 10.8. The molecule has 5 heteroatoms. The van der Waals surface area contributed by atoms with Crippen LogP contribution < -0.4 is 5.32 Å². The van der Waals surface area contributed by atoms with Crippen LogP contribution in [0.15, 0.2) is 73.3 Å². The summed E-state index contributed by atoms with van der Waals surface area (Å²) in [4.78, 5) is 37.9. The van der Waals surface area contributed by atoms with E-state index in [1.54, 1.807) is 54.6 Å². The van der Waals surface area contributed by atoms with E-state index in [1.165, 1.54) is 0 Å². The summed E-state index contributed by atoms with van der Waals surface area (Å²) in [6, 6.07) is 19.5. The van der Waals surface area contributed by atoms with E-state index in [9.17, 15) is 14.4 Å². The quantitative estimate of drug-likeness (QED) is 0.238. The highest BCUT2D eigenvalue weighted by Crippen LogP contribution is 2.31.